The molecule has 4 nitrogen and oxygen atoms in total. The van der Waals surface area contributed by atoms with Crippen LogP contribution in [0.4, 0.5) is 0 Å². The third-order valence-corrected chi connectivity index (χ3v) is 3.40. The zero-order valence-corrected chi connectivity index (χ0v) is 12.8. The molecule has 0 spiro atoms. The van der Waals surface area contributed by atoms with Gasteiger partial charge in [0.15, 0.2) is 0 Å². The van der Waals surface area contributed by atoms with Crippen LogP contribution in [0.5, 0.6) is 0 Å². The Kier molecular flexibility index (Phi) is 10.4. The van der Waals surface area contributed by atoms with Gasteiger partial charge in [0.25, 0.3) is 0 Å². The van der Waals surface area contributed by atoms with Gasteiger partial charge in [-0.05, 0) is 32.2 Å². The van der Waals surface area contributed by atoms with Crippen molar-refractivity contribution < 1.29 is 9.47 Å². The average Bonchev–Trinajstić information content (AvgIpc) is 3.22. The standard InChI is InChI=1S/C15H32N2O2/c1-3-4-11-18-12-8-16-7-9-17(2)10-13-19-14-15-5-6-15/h15-16H,3-14H2,1-2H3. The Balaban J connectivity index is 1.72. The van der Waals surface area contributed by atoms with E-state index in [-0.39, 0.29) is 0 Å². The molecule has 1 rings (SSSR count). The maximum atomic E-state index is 5.63. The SMILES string of the molecule is CCCCOCCNCCN(C)CCOCC1CC1. The van der Waals surface area contributed by atoms with Gasteiger partial charge in [-0.15, -0.1) is 0 Å². The summed E-state index contributed by atoms with van der Waals surface area (Å²) in [6.07, 6.45) is 5.13. The van der Waals surface area contributed by atoms with E-state index in [9.17, 15) is 0 Å². The van der Waals surface area contributed by atoms with E-state index in [0.29, 0.717) is 0 Å². The van der Waals surface area contributed by atoms with Crippen molar-refractivity contribution in [2.24, 2.45) is 5.92 Å². The van der Waals surface area contributed by atoms with Crippen molar-refractivity contribution in [1.29, 1.82) is 0 Å². The van der Waals surface area contributed by atoms with Crippen molar-refractivity contribution in [3.8, 4) is 0 Å². The number of ether oxygens (including phenoxy) is 2. The van der Waals surface area contributed by atoms with Crippen LogP contribution in [-0.2, 0) is 9.47 Å². The number of unbranched alkanes of at least 4 members (excludes halogenated alkanes) is 1. The lowest BCUT2D eigenvalue weighted by Gasteiger charge is -2.16. The van der Waals surface area contributed by atoms with Crippen molar-refractivity contribution in [2.45, 2.75) is 32.6 Å². The second kappa shape index (κ2) is 11.6. The van der Waals surface area contributed by atoms with E-state index in [1.165, 1.54) is 25.7 Å². The predicted molar refractivity (Wildman–Crippen MR) is 79.6 cm³/mol. The second-order valence-corrected chi connectivity index (χ2v) is 5.54. The summed E-state index contributed by atoms with van der Waals surface area (Å²) in [6, 6.07) is 0. The fraction of sp³-hybridized carbons (Fsp3) is 1.00. The molecule has 1 aliphatic carbocycles. The lowest BCUT2D eigenvalue weighted by molar-refractivity contribution is 0.103. The third kappa shape index (κ3) is 11.4. The summed E-state index contributed by atoms with van der Waals surface area (Å²) in [7, 11) is 2.15. The molecule has 0 bridgehead atoms. The number of nitrogens with zero attached hydrogens (tertiary/aromatic N) is 1. The van der Waals surface area contributed by atoms with Crippen LogP contribution in [0.2, 0.25) is 0 Å². The molecular formula is C15H32N2O2. The molecule has 114 valence electrons. The first kappa shape index (κ1) is 16.9. The highest BCUT2D eigenvalue weighted by Crippen LogP contribution is 2.28. The van der Waals surface area contributed by atoms with Crippen LogP contribution in [0.3, 0.4) is 0 Å². The summed E-state index contributed by atoms with van der Waals surface area (Å²) in [5.41, 5.74) is 0. The molecule has 1 N–H and O–H groups in total. The number of rotatable bonds is 14. The maximum absolute atomic E-state index is 5.63. The molecule has 0 aliphatic heterocycles. The monoisotopic (exact) mass is 272 g/mol. The van der Waals surface area contributed by atoms with Crippen LogP contribution in [-0.4, -0.2) is 64.6 Å². The molecule has 0 aromatic carbocycles. The van der Waals surface area contributed by atoms with E-state index in [0.717, 1.165) is 58.5 Å². The van der Waals surface area contributed by atoms with Crippen molar-refractivity contribution in [2.75, 3.05) is 59.7 Å². The number of likely N-dealkylation sites (N-methyl/N-ethyl adjacent to an activating group) is 1. The minimum Gasteiger partial charge on any atom is -0.380 e. The molecule has 0 radical (unpaired) electrons. The molecule has 0 amide bonds. The third-order valence-electron chi connectivity index (χ3n) is 3.40. The minimum absolute atomic E-state index is 0.828. The molecule has 0 heterocycles. The van der Waals surface area contributed by atoms with Crippen molar-refractivity contribution in [1.82, 2.24) is 10.2 Å². The number of hydrogen-bond acceptors (Lipinski definition) is 4. The Morgan fingerprint density at radius 3 is 2.63 bits per heavy atom. The van der Waals surface area contributed by atoms with Gasteiger partial charge in [-0.25, -0.2) is 0 Å². The number of nitrogens with one attached hydrogen (secondary N) is 1. The van der Waals surface area contributed by atoms with Gasteiger partial charge >= 0.3 is 0 Å². The second-order valence-electron chi connectivity index (χ2n) is 5.54. The van der Waals surface area contributed by atoms with Gasteiger partial charge in [0.1, 0.15) is 0 Å². The Labute approximate surface area is 118 Å². The molecule has 0 aromatic heterocycles. The van der Waals surface area contributed by atoms with Crippen molar-refractivity contribution in [3.63, 3.8) is 0 Å². The lowest BCUT2D eigenvalue weighted by atomic mass is 10.4. The van der Waals surface area contributed by atoms with Crippen LogP contribution in [0.25, 0.3) is 0 Å². The van der Waals surface area contributed by atoms with E-state index in [4.69, 9.17) is 9.47 Å². The zero-order chi connectivity index (χ0) is 13.8. The largest absolute Gasteiger partial charge is 0.380 e. The van der Waals surface area contributed by atoms with E-state index in [1.807, 2.05) is 0 Å². The Morgan fingerprint density at radius 2 is 1.89 bits per heavy atom. The highest BCUT2D eigenvalue weighted by atomic mass is 16.5. The van der Waals surface area contributed by atoms with Crippen LogP contribution in [0.15, 0.2) is 0 Å². The molecule has 0 atom stereocenters. The fourth-order valence-corrected chi connectivity index (χ4v) is 1.75. The van der Waals surface area contributed by atoms with E-state index in [2.05, 4.69) is 24.2 Å². The van der Waals surface area contributed by atoms with Gasteiger partial charge in [0.05, 0.1) is 13.2 Å². The molecular weight excluding hydrogens is 240 g/mol. The molecule has 0 aromatic rings. The number of hydrogen-bond donors (Lipinski definition) is 1. The lowest BCUT2D eigenvalue weighted by Crippen LogP contribution is -2.33. The van der Waals surface area contributed by atoms with E-state index < -0.39 is 0 Å². The van der Waals surface area contributed by atoms with Crippen molar-refractivity contribution in [3.05, 3.63) is 0 Å². The minimum atomic E-state index is 0.828. The first-order valence-corrected chi connectivity index (χ1v) is 7.87. The van der Waals surface area contributed by atoms with E-state index in [1.54, 1.807) is 0 Å². The van der Waals surface area contributed by atoms with Gasteiger partial charge in [-0.2, -0.15) is 0 Å². The summed E-state index contributed by atoms with van der Waals surface area (Å²) in [6.45, 7) is 9.83. The van der Waals surface area contributed by atoms with Gasteiger partial charge < -0.3 is 19.7 Å². The van der Waals surface area contributed by atoms with Crippen LogP contribution < -0.4 is 5.32 Å². The highest BCUT2D eigenvalue weighted by molar-refractivity contribution is 4.72. The highest BCUT2D eigenvalue weighted by Gasteiger charge is 2.20. The summed E-state index contributed by atoms with van der Waals surface area (Å²) in [4.78, 5) is 2.32. The zero-order valence-electron chi connectivity index (χ0n) is 12.8. The Hall–Kier alpha value is -0.160. The molecule has 19 heavy (non-hydrogen) atoms. The Morgan fingerprint density at radius 1 is 1.05 bits per heavy atom. The molecule has 1 saturated carbocycles. The smallest absolute Gasteiger partial charge is 0.0593 e. The quantitative estimate of drug-likeness (QED) is 0.489. The van der Waals surface area contributed by atoms with Crippen LogP contribution in [0.1, 0.15) is 32.6 Å². The predicted octanol–water partition coefficient (Wildman–Crippen LogP) is 1.75. The summed E-state index contributed by atoms with van der Waals surface area (Å²) in [5.74, 6) is 0.875. The average molecular weight is 272 g/mol. The van der Waals surface area contributed by atoms with E-state index >= 15 is 0 Å². The van der Waals surface area contributed by atoms with Crippen LogP contribution in [0, 0.1) is 5.92 Å². The van der Waals surface area contributed by atoms with Crippen LogP contribution >= 0.6 is 0 Å². The molecule has 4 heteroatoms. The Bertz CT molecular complexity index is 199. The summed E-state index contributed by atoms with van der Waals surface area (Å²) in [5, 5.41) is 3.40. The molecule has 1 aliphatic rings. The molecule has 0 saturated heterocycles. The maximum Gasteiger partial charge on any atom is 0.0593 e. The first-order valence-electron chi connectivity index (χ1n) is 7.87. The van der Waals surface area contributed by atoms with Gasteiger partial charge in [-0.3, -0.25) is 0 Å². The first-order chi connectivity index (χ1) is 9.33. The normalized spacial score (nSPS) is 15.3. The van der Waals surface area contributed by atoms with Gasteiger partial charge in [0, 0.05) is 39.4 Å². The van der Waals surface area contributed by atoms with Gasteiger partial charge in [0.2, 0.25) is 0 Å². The molecule has 1 fully saturated rings. The molecule has 0 unspecified atom stereocenters. The fourth-order valence-electron chi connectivity index (χ4n) is 1.75. The van der Waals surface area contributed by atoms with Gasteiger partial charge in [-0.1, -0.05) is 13.3 Å². The summed E-state index contributed by atoms with van der Waals surface area (Å²) < 4.78 is 11.1. The summed E-state index contributed by atoms with van der Waals surface area (Å²) >= 11 is 0. The van der Waals surface area contributed by atoms with Crippen molar-refractivity contribution >= 4 is 0 Å². The topological polar surface area (TPSA) is 33.7 Å².